The molecule has 112 valence electrons. The zero-order valence-corrected chi connectivity index (χ0v) is 14.0. The number of aromatic nitrogens is 2. The predicted octanol–water partition coefficient (Wildman–Crippen LogP) is 4.75. The van der Waals surface area contributed by atoms with Gasteiger partial charge in [0.2, 0.25) is 5.13 Å². The van der Waals surface area contributed by atoms with Gasteiger partial charge in [-0.05, 0) is 23.6 Å². The summed E-state index contributed by atoms with van der Waals surface area (Å²) in [6, 6.07) is 18.8. The number of aryl methyl sites for hydroxylation is 1. The Balaban J connectivity index is 1.54. The number of nitrogens with one attached hydrogen (secondary N) is 1. The molecular formula is C17H17N3S2. The van der Waals surface area contributed by atoms with E-state index >= 15 is 0 Å². The van der Waals surface area contributed by atoms with Gasteiger partial charge in [-0.25, -0.2) is 0 Å². The van der Waals surface area contributed by atoms with Crippen molar-refractivity contribution in [3.05, 3.63) is 71.3 Å². The van der Waals surface area contributed by atoms with E-state index in [2.05, 4.69) is 58.8 Å². The fourth-order valence-electron chi connectivity index (χ4n) is 2.02. The Hall–Kier alpha value is -1.85. The third kappa shape index (κ3) is 4.08. The molecule has 0 atom stereocenters. The Bertz CT molecular complexity index is 726. The van der Waals surface area contributed by atoms with Crippen molar-refractivity contribution in [2.24, 2.45) is 0 Å². The molecule has 22 heavy (non-hydrogen) atoms. The van der Waals surface area contributed by atoms with Gasteiger partial charge in [-0.3, -0.25) is 0 Å². The van der Waals surface area contributed by atoms with Crippen molar-refractivity contribution in [3.8, 4) is 0 Å². The molecule has 0 aliphatic heterocycles. The third-order valence-electron chi connectivity index (χ3n) is 3.31. The lowest BCUT2D eigenvalue weighted by Gasteiger charge is -2.02. The fraction of sp³-hybridized carbons (Fsp3) is 0.176. The van der Waals surface area contributed by atoms with E-state index in [4.69, 9.17) is 0 Å². The summed E-state index contributed by atoms with van der Waals surface area (Å²) in [6.45, 7) is 2.92. The zero-order chi connectivity index (χ0) is 15.2. The molecule has 3 aromatic rings. The number of thioether (sulfide) groups is 1. The lowest BCUT2D eigenvalue weighted by Crippen LogP contribution is -1.98. The highest BCUT2D eigenvalue weighted by Gasteiger charge is 2.06. The van der Waals surface area contributed by atoms with E-state index in [1.165, 1.54) is 16.7 Å². The summed E-state index contributed by atoms with van der Waals surface area (Å²) in [5.41, 5.74) is 3.91. The van der Waals surface area contributed by atoms with Crippen molar-refractivity contribution >= 4 is 28.2 Å². The molecule has 0 bridgehead atoms. The zero-order valence-electron chi connectivity index (χ0n) is 12.3. The molecule has 1 aromatic heterocycles. The van der Waals surface area contributed by atoms with E-state index in [9.17, 15) is 0 Å². The molecule has 0 unspecified atom stereocenters. The smallest absolute Gasteiger partial charge is 0.206 e. The molecule has 0 saturated heterocycles. The second kappa shape index (κ2) is 7.42. The van der Waals surface area contributed by atoms with E-state index in [0.29, 0.717) is 0 Å². The van der Waals surface area contributed by atoms with Crippen LogP contribution >= 0.6 is 23.1 Å². The van der Waals surface area contributed by atoms with Gasteiger partial charge < -0.3 is 5.32 Å². The summed E-state index contributed by atoms with van der Waals surface area (Å²) in [6.07, 6.45) is 0. The molecule has 0 radical (unpaired) electrons. The van der Waals surface area contributed by atoms with Gasteiger partial charge in [-0.2, -0.15) is 0 Å². The summed E-state index contributed by atoms with van der Waals surface area (Å²) >= 11 is 3.34. The minimum absolute atomic E-state index is 0.776. The maximum Gasteiger partial charge on any atom is 0.206 e. The first-order valence-electron chi connectivity index (χ1n) is 7.10. The summed E-state index contributed by atoms with van der Waals surface area (Å²) in [7, 11) is 0. The van der Waals surface area contributed by atoms with Crippen molar-refractivity contribution in [1.82, 2.24) is 10.2 Å². The van der Waals surface area contributed by atoms with Gasteiger partial charge in [0, 0.05) is 12.3 Å². The van der Waals surface area contributed by atoms with E-state index in [0.717, 1.165) is 21.8 Å². The van der Waals surface area contributed by atoms with Crippen LogP contribution in [-0.4, -0.2) is 10.2 Å². The summed E-state index contributed by atoms with van der Waals surface area (Å²) in [4.78, 5) is 0. The topological polar surface area (TPSA) is 37.8 Å². The Morgan fingerprint density at radius 3 is 2.59 bits per heavy atom. The molecular weight excluding hydrogens is 310 g/mol. The average molecular weight is 327 g/mol. The van der Waals surface area contributed by atoms with Gasteiger partial charge in [-0.1, -0.05) is 77.7 Å². The van der Waals surface area contributed by atoms with E-state index < -0.39 is 0 Å². The van der Waals surface area contributed by atoms with E-state index in [1.807, 2.05) is 18.2 Å². The van der Waals surface area contributed by atoms with Crippen molar-refractivity contribution in [1.29, 1.82) is 0 Å². The molecule has 3 nitrogen and oxygen atoms in total. The normalized spacial score (nSPS) is 10.6. The van der Waals surface area contributed by atoms with Crippen molar-refractivity contribution < 1.29 is 0 Å². The van der Waals surface area contributed by atoms with Gasteiger partial charge in [-0.15, -0.1) is 10.2 Å². The number of hydrogen-bond donors (Lipinski definition) is 1. The lowest BCUT2D eigenvalue weighted by atomic mass is 10.1. The highest BCUT2D eigenvalue weighted by Crippen LogP contribution is 2.29. The van der Waals surface area contributed by atoms with Crippen molar-refractivity contribution in [2.45, 2.75) is 23.6 Å². The first-order chi connectivity index (χ1) is 10.8. The first-order valence-corrected chi connectivity index (χ1v) is 8.90. The Labute approximate surface area is 138 Å². The molecule has 5 heteroatoms. The van der Waals surface area contributed by atoms with Crippen LogP contribution in [0.2, 0.25) is 0 Å². The molecule has 0 spiro atoms. The van der Waals surface area contributed by atoms with Crippen LogP contribution in [0.3, 0.4) is 0 Å². The molecule has 1 N–H and O–H groups in total. The Kier molecular flexibility index (Phi) is 5.08. The standard InChI is InChI=1S/C17H17N3S2/c1-13-7-5-6-10-15(13)12-21-17-20-19-16(22-17)18-11-14-8-3-2-4-9-14/h2-10H,11-12H2,1H3,(H,18,19). The van der Waals surface area contributed by atoms with Crippen LogP contribution in [0.5, 0.6) is 0 Å². The second-order valence-corrected chi connectivity index (χ2v) is 7.13. The average Bonchev–Trinajstić information content (AvgIpc) is 3.01. The quantitative estimate of drug-likeness (QED) is 0.663. The van der Waals surface area contributed by atoms with Crippen LogP contribution in [0.15, 0.2) is 58.9 Å². The minimum Gasteiger partial charge on any atom is -0.356 e. The number of nitrogens with zero attached hydrogens (tertiary/aromatic N) is 2. The second-order valence-electron chi connectivity index (χ2n) is 4.93. The minimum atomic E-state index is 0.776. The summed E-state index contributed by atoms with van der Waals surface area (Å²) < 4.78 is 0.999. The largest absolute Gasteiger partial charge is 0.356 e. The summed E-state index contributed by atoms with van der Waals surface area (Å²) in [5, 5.41) is 12.6. The van der Waals surface area contributed by atoms with Crippen LogP contribution in [-0.2, 0) is 12.3 Å². The van der Waals surface area contributed by atoms with E-state index in [-0.39, 0.29) is 0 Å². The predicted molar refractivity (Wildman–Crippen MR) is 94.4 cm³/mol. The molecule has 0 saturated carbocycles. The molecule has 0 fully saturated rings. The number of hydrogen-bond acceptors (Lipinski definition) is 5. The highest BCUT2D eigenvalue weighted by atomic mass is 32.2. The van der Waals surface area contributed by atoms with Crippen molar-refractivity contribution in [3.63, 3.8) is 0 Å². The molecule has 0 aliphatic carbocycles. The third-order valence-corrected chi connectivity index (χ3v) is 5.37. The molecule has 0 aliphatic rings. The van der Waals surface area contributed by atoms with Gasteiger partial charge in [0.15, 0.2) is 4.34 Å². The van der Waals surface area contributed by atoms with Crippen molar-refractivity contribution in [2.75, 3.05) is 5.32 Å². The van der Waals surface area contributed by atoms with Crippen LogP contribution in [0.4, 0.5) is 5.13 Å². The molecule has 1 heterocycles. The lowest BCUT2D eigenvalue weighted by molar-refractivity contribution is 0.995. The number of benzene rings is 2. The van der Waals surface area contributed by atoms with Gasteiger partial charge in [0.25, 0.3) is 0 Å². The highest BCUT2D eigenvalue weighted by molar-refractivity contribution is 8.00. The molecule has 3 rings (SSSR count). The van der Waals surface area contributed by atoms with E-state index in [1.54, 1.807) is 23.1 Å². The monoisotopic (exact) mass is 327 g/mol. The van der Waals surface area contributed by atoms with Gasteiger partial charge in [0.05, 0.1) is 0 Å². The van der Waals surface area contributed by atoms with Gasteiger partial charge >= 0.3 is 0 Å². The number of rotatable bonds is 6. The van der Waals surface area contributed by atoms with Crippen LogP contribution < -0.4 is 5.32 Å². The number of anilines is 1. The Morgan fingerprint density at radius 1 is 1.00 bits per heavy atom. The van der Waals surface area contributed by atoms with Gasteiger partial charge in [0.1, 0.15) is 0 Å². The van der Waals surface area contributed by atoms with Crippen LogP contribution in [0.25, 0.3) is 0 Å². The molecule has 2 aromatic carbocycles. The first kappa shape index (κ1) is 15.1. The maximum atomic E-state index is 4.24. The maximum absolute atomic E-state index is 4.24. The van der Waals surface area contributed by atoms with Crippen LogP contribution in [0, 0.1) is 6.92 Å². The van der Waals surface area contributed by atoms with Crippen LogP contribution in [0.1, 0.15) is 16.7 Å². The SMILES string of the molecule is Cc1ccccc1CSc1nnc(NCc2ccccc2)s1. The summed E-state index contributed by atoms with van der Waals surface area (Å²) in [5.74, 6) is 0.931. The Morgan fingerprint density at radius 2 is 1.77 bits per heavy atom. The molecule has 0 amide bonds. The fourth-order valence-corrected chi connectivity index (χ4v) is 3.85.